The molecule has 1 aliphatic heterocycles. The maximum Gasteiger partial charge on any atom is 0.416 e. The van der Waals surface area contributed by atoms with Gasteiger partial charge in [-0.25, -0.2) is 0 Å². The van der Waals surface area contributed by atoms with E-state index in [1.807, 2.05) is 18.2 Å². The summed E-state index contributed by atoms with van der Waals surface area (Å²) in [5.74, 6) is 0.932. The lowest BCUT2D eigenvalue weighted by Gasteiger charge is -2.39. The van der Waals surface area contributed by atoms with E-state index in [1.165, 1.54) is 11.6 Å². The van der Waals surface area contributed by atoms with Gasteiger partial charge in [0.15, 0.2) is 11.5 Å². The third-order valence-corrected chi connectivity index (χ3v) is 5.59. The standard InChI is InChI=1S/C25H23ClF3NO2/c1-17(19-8-5-9-20(12-19)25(27,28)29)31-23-11-10-21(26)13-24(23)32-22-15-30(16-22)14-18-6-3-2-4-7-18/h2-13,17,22H,14-16H2,1H3/t17-/m0/s1. The van der Waals surface area contributed by atoms with Gasteiger partial charge in [0, 0.05) is 30.7 Å². The first-order valence-electron chi connectivity index (χ1n) is 10.3. The topological polar surface area (TPSA) is 21.7 Å². The van der Waals surface area contributed by atoms with Crippen molar-refractivity contribution in [2.24, 2.45) is 0 Å². The average molecular weight is 462 g/mol. The van der Waals surface area contributed by atoms with Gasteiger partial charge < -0.3 is 9.47 Å². The number of alkyl halides is 3. The zero-order valence-electron chi connectivity index (χ0n) is 17.5. The van der Waals surface area contributed by atoms with E-state index in [2.05, 4.69) is 17.0 Å². The van der Waals surface area contributed by atoms with Crippen LogP contribution in [-0.2, 0) is 12.7 Å². The van der Waals surface area contributed by atoms with Crippen LogP contribution in [-0.4, -0.2) is 24.1 Å². The summed E-state index contributed by atoms with van der Waals surface area (Å²) in [6.07, 6.45) is -5.01. The van der Waals surface area contributed by atoms with Gasteiger partial charge in [-0.3, -0.25) is 4.90 Å². The minimum atomic E-state index is -4.40. The fourth-order valence-corrected chi connectivity index (χ4v) is 3.81. The van der Waals surface area contributed by atoms with Crippen LogP contribution in [0.3, 0.4) is 0 Å². The molecule has 1 saturated heterocycles. The van der Waals surface area contributed by atoms with Crippen LogP contribution in [0.1, 0.15) is 29.7 Å². The highest BCUT2D eigenvalue weighted by Crippen LogP contribution is 2.36. The predicted octanol–water partition coefficient (Wildman–Crippen LogP) is 6.76. The molecule has 0 bridgehead atoms. The third-order valence-electron chi connectivity index (χ3n) is 5.36. The molecular formula is C25H23ClF3NO2. The summed E-state index contributed by atoms with van der Waals surface area (Å²) in [5.41, 5.74) is 0.969. The van der Waals surface area contributed by atoms with Crippen LogP contribution in [0.25, 0.3) is 0 Å². The lowest BCUT2D eigenvalue weighted by atomic mass is 10.1. The molecule has 0 aliphatic carbocycles. The Bertz CT molecular complexity index is 1050. The van der Waals surface area contributed by atoms with Crippen LogP contribution in [0.5, 0.6) is 11.5 Å². The van der Waals surface area contributed by atoms with Gasteiger partial charge >= 0.3 is 6.18 Å². The maximum atomic E-state index is 13.0. The normalized spacial score (nSPS) is 15.8. The van der Waals surface area contributed by atoms with E-state index in [-0.39, 0.29) is 6.10 Å². The lowest BCUT2D eigenvalue weighted by Crippen LogP contribution is -2.53. The molecule has 0 saturated carbocycles. The van der Waals surface area contributed by atoms with Gasteiger partial charge in [0.2, 0.25) is 0 Å². The number of likely N-dealkylation sites (tertiary alicyclic amines) is 1. The van der Waals surface area contributed by atoms with E-state index in [0.29, 0.717) is 22.1 Å². The van der Waals surface area contributed by atoms with Crippen LogP contribution < -0.4 is 9.47 Å². The maximum absolute atomic E-state index is 13.0. The molecule has 1 aliphatic rings. The molecule has 7 heteroatoms. The molecule has 0 amide bonds. The number of rotatable bonds is 7. The molecule has 0 radical (unpaired) electrons. The van der Waals surface area contributed by atoms with Crippen molar-refractivity contribution >= 4 is 11.6 Å². The highest BCUT2D eigenvalue weighted by Gasteiger charge is 2.31. The molecule has 1 heterocycles. The van der Waals surface area contributed by atoms with Crippen LogP contribution in [0.15, 0.2) is 72.8 Å². The summed E-state index contributed by atoms with van der Waals surface area (Å²) in [6, 6.07) is 20.4. The van der Waals surface area contributed by atoms with Gasteiger partial charge in [0.25, 0.3) is 0 Å². The van der Waals surface area contributed by atoms with Crippen molar-refractivity contribution < 1.29 is 22.6 Å². The Balaban J connectivity index is 1.41. The average Bonchev–Trinajstić information content (AvgIpc) is 2.74. The van der Waals surface area contributed by atoms with Crippen molar-refractivity contribution in [1.82, 2.24) is 4.90 Å². The second-order valence-corrected chi connectivity index (χ2v) is 8.33. The smallest absolute Gasteiger partial charge is 0.416 e. The van der Waals surface area contributed by atoms with E-state index in [4.69, 9.17) is 21.1 Å². The lowest BCUT2D eigenvalue weighted by molar-refractivity contribution is -0.137. The molecule has 32 heavy (non-hydrogen) atoms. The monoisotopic (exact) mass is 461 g/mol. The minimum Gasteiger partial charge on any atom is -0.484 e. The number of hydrogen-bond acceptors (Lipinski definition) is 3. The van der Waals surface area contributed by atoms with Crippen molar-refractivity contribution in [1.29, 1.82) is 0 Å². The highest BCUT2D eigenvalue weighted by molar-refractivity contribution is 6.30. The largest absolute Gasteiger partial charge is 0.484 e. The Labute approximate surface area is 190 Å². The number of halogens is 4. The first kappa shape index (κ1) is 22.5. The van der Waals surface area contributed by atoms with Crippen molar-refractivity contribution in [2.45, 2.75) is 31.9 Å². The molecule has 0 unspecified atom stereocenters. The summed E-state index contributed by atoms with van der Waals surface area (Å²) in [7, 11) is 0. The van der Waals surface area contributed by atoms with Gasteiger partial charge in [-0.1, -0.05) is 54.1 Å². The number of benzene rings is 3. The molecule has 3 nitrogen and oxygen atoms in total. The number of ether oxygens (including phenoxy) is 2. The fraction of sp³-hybridized carbons (Fsp3) is 0.280. The van der Waals surface area contributed by atoms with Crippen molar-refractivity contribution in [3.05, 3.63) is 94.5 Å². The Morgan fingerprint density at radius 3 is 2.44 bits per heavy atom. The highest BCUT2D eigenvalue weighted by atomic mass is 35.5. The quantitative estimate of drug-likeness (QED) is 0.388. The summed E-state index contributed by atoms with van der Waals surface area (Å²) in [5, 5.41) is 0.500. The molecule has 0 spiro atoms. The molecule has 4 rings (SSSR count). The van der Waals surface area contributed by atoms with E-state index in [0.717, 1.165) is 31.8 Å². The zero-order valence-corrected chi connectivity index (χ0v) is 18.2. The molecular weight excluding hydrogens is 439 g/mol. The second-order valence-electron chi connectivity index (χ2n) is 7.89. The zero-order chi connectivity index (χ0) is 22.7. The van der Waals surface area contributed by atoms with E-state index < -0.39 is 17.8 Å². The van der Waals surface area contributed by atoms with E-state index in [1.54, 1.807) is 31.2 Å². The van der Waals surface area contributed by atoms with Crippen molar-refractivity contribution in [3.63, 3.8) is 0 Å². The Kier molecular flexibility index (Phi) is 6.63. The molecule has 3 aromatic carbocycles. The SMILES string of the molecule is C[C@H](Oc1ccc(Cl)cc1OC1CN(Cc2ccccc2)C1)c1cccc(C(F)(F)F)c1. The van der Waals surface area contributed by atoms with Gasteiger partial charge in [-0.2, -0.15) is 13.2 Å². The van der Waals surface area contributed by atoms with Crippen LogP contribution in [0, 0.1) is 0 Å². The van der Waals surface area contributed by atoms with Gasteiger partial charge in [0.1, 0.15) is 12.2 Å². The Morgan fingerprint density at radius 2 is 1.72 bits per heavy atom. The summed E-state index contributed by atoms with van der Waals surface area (Å²) >= 11 is 6.15. The van der Waals surface area contributed by atoms with Crippen LogP contribution >= 0.6 is 11.6 Å². The Morgan fingerprint density at radius 1 is 0.969 bits per heavy atom. The molecule has 0 aromatic heterocycles. The number of nitrogens with zero attached hydrogens (tertiary/aromatic N) is 1. The van der Waals surface area contributed by atoms with Crippen LogP contribution in [0.2, 0.25) is 5.02 Å². The predicted molar refractivity (Wildman–Crippen MR) is 118 cm³/mol. The minimum absolute atomic E-state index is 0.0107. The molecule has 3 aromatic rings. The molecule has 1 fully saturated rings. The van der Waals surface area contributed by atoms with E-state index >= 15 is 0 Å². The molecule has 168 valence electrons. The van der Waals surface area contributed by atoms with Gasteiger partial charge in [-0.15, -0.1) is 0 Å². The first-order chi connectivity index (χ1) is 15.3. The number of hydrogen-bond donors (Lipinski definition) is 0. The van der Waals surface area contributed by atoms with E-state index in [9.17, 15) is 13.2 Å². The summed E-state index contributed by atoms with van der Waals surface area (Å²) in [6.45, 7) is 4.10. The summed E-state index contributed by atoms with van der Waals surface area (Å²) < 4.78 is 51.2. The Hall–Kier alpha value is -2.70. The third kappa shape index (κ3) is 5.56. The van der Waals surface area contributed by atoms with Crippen LogP contribution in [0.4, 0.5) is 13.2 Å². The second kappa shape index (κ2) is 9.43. The molecule has 1 atom stereocenters. The first-order valence-corrected chi connectivity index (χ1v) is 10.7. The summed E-state index contributed by atoms with van der Waals surface area (Å²) in [4.78, 5) is 2.27. The van der Waals surface area contributed by atoms with Crippen molar-refractivity contribution in [2.75, 3.05) is 13.1 Å². The van der Waals surface area contributed by atoms with Crippen molar-refractivity contribution in [3.8, 4) is 11.5 Å². The fourth-order valence-electron chi connectivity index (χ4n) is 3.65. The molecule has 0 N–H and O–H groups in total. The van der Waals surface area contributed by atoms with Gasteiger partial charge in [-0.05, 0) is 42.3 Å². The van der Waals surface area contributed by atoms with Gasteiger partial charge in [0.05, 0.1) is 5.56 Å².